The first-order chi connectivity index (χ1) is 8.75. The lowest BCUT2D eigenvalue weighted by molar-refractivity contribution is 0.0962. The van der Waals surface area contributed by atoms with Gasteiger partial charge in [0, 0.05) is 24.4 Å². The van der Waals surface area contributed by atoms with Crippen LogP contribution in [0.4, 0.5) is 0 Å². The van der Waals surface area contributed by atoms with Crippen molar-refractivity contribution in [3.8, 4) is 0 Å². The molecule has 0 unspecified atom stereocenters. The predicted octanol–water partition coefficient (Wildman–Crippen LogP) is 2.29. The van der Waals surface area contributed by atoms with Crippen LogP contribution in [-0.4, -0.2) is 10.8 Å². The van der Waals surface area contributed by atoms with Crippen LogP contribution in [0, 0.1) is 0 Å². The lowest BCUT2D eigenvalue weighted by Gasteiger charge is -2.23. The van der Waals surface area contributed by atoms with E-state index in [0.717, 1.165) is 17.7 Å². The zero-order chi connectivity index (χ0) is 12.5. The number of hydrogen-bond donors (Lipinski definition) is 1. The highest BCUT2D eigenvalue weighted by Gasteiger charge is 2.28. The van der Waals surface area contributed by atoms with Crippen LogP contribution in [0.15, 0.2) is 47.4 Å². The van der Waals surface area contributed by atoms with Crippen molar-refractivity contribution in [3.63, 3.8) is 0 Å². The summed E-state index contributed by atoms with van der Waals surface area (Å²) in [7, 11) is 0. The Balaban J connectivity index is 2.03. The molecule has 3 heteroatoms. The van der Waals surface area contributed by atoms with E-state index in [0.29, 0.717) is 12.0 Å². The van der Waals surface area contributed by atoms with Crippen molar-refractivity contribution in [2.24, 2.45) is 0 Å². The zero-order valence-corrected chi connectivity index (χ0v) is 9.85. The topological polar surface area (TPSA) is 49.9 Å². The van der Waals surface area contributed by atoms with E-state index in [-0.39, 0.29) is 17.1 Å². The molecule has 0 aliphatic heterocycles. The highest BCUT2D eigenvalue weighted by molar-refractivity contribution is 5.98. The molecule has 90 valence electrons. The van der Waals surface area contributed by atoms with Gasteiger partial charge in [0.2, 0.25) is 0 Å². The van der Waals surface area contributed by atoms with Gasteiger partial charge in [0.15, 0.2) is 11.2 Å². The van der Waals surface area contributed by atoms with Gasteiger partial charge in [-0.05, 0) is 17.9 Å². The van der Waals surface area contributed by atoms with Gasteiger partial charge in [-0.25, -0.2) is 0 Å². The average molecular weight is 239 g/mol. The molecule has 0 fully saturated rings. The third-order valence-electron chi connectivity index (χ3n) is 3.47. The number of Topliss-reactive ketones (excluding diaryl/α,β-unsaturated/α-hetero) is 1. The number of nitrogens with one attached hydrogen (secondary N) is 1. The number of H-pyrrole nitrogens is 1. The van der Waals surface area contributed by atoms with Crippen molar-refractivity contribution in [2.45, 2.75) is 18.8 Å². The highest BCUT2D eigenvalue weighted by atomic mass is 16.1. The van der Waals surface area contributed by atoms with Gasteiger partial charge in [-0.1, -0.05) is 30.3 Å². The van der Waals surface area contributed by atoms with Gasteiger partial charge < -0.3 is 4.98 Å². The molecule has 0 spiro atoms. The predicted molar refractivity (Wildman–Crippen MR) is 68.9 cm³/mol. The van der Waals surface area contributed by atoms with Crippen LogP contribution in [0.2, 0.25) is 0 Å². The summed E-state index contributed by atoms with van der Waals surface area (Å²) >= 11 is 0. The maximum Gasteiger partial charge on any atom is 0.192 e. The Morgan fingerprint density at radius 3 is 2.56 bits per heavy atom. The Kier molecular flexibility index (Phi) is 2.59. The van der Waals surface area contributed by atoms with E-state index in [9.17, 15) is 9.59 Å². The van der Waals surface area contributed by atoms with Crippen LogP contribution in [0.3, 0.4) is 0 Å². The van der Waals surface area contributed by atoms with Crippen LogP contribution in [0.5, 0.6) is 0 Å². The van der Waals surface area contributed by atoms with Crippen LogP contribution in [0.25, 0.3) is 0 Å². The van der Waals surface area contributed by atoms with Crippen LogP contribution in [0.1, 0.15) is 34.0 Å². The number of aromatic amines is 1. The second-order valence-electron chi connectivity index (χ2n) is 4.63. The van der Waals surface area contributed by atoms with Crippen molar-refractivity contribution in [1.29, 1.82) is 0 Å². The van der Waals surface area contributed by atoms with E-state index >= 15 is 0 Å². The maximum absolute atomic E-state index is 12.1. The first-order valence-corrected chi connectivity index (χ1v) is 6.04. The molecule has 18 heavy (non-hydrogen) atoms. The van der Waals surface area contributed by atoms with E-state index in [1.54, 1.807) is 6.20 Å². The van der Waals surface area contributed by atoms with Crippen molar-refractivity contribution in [1.82, 2.24) is 4.98 Å². The van der Waals surface area contributed by atoms with E-state index < -0.39 is 0 Å². The highest BCUT2D eigenvalue weighted by Crippen LogP contribution is 2.30. The number of carbonyl (C=O) groups excluding carboxylic acids is 1. The number of aromatic nitrogens is 1. The number of fused-ring (bicyclic) bond motifs is 1. The van der Waals surface area contributed by atoms with Crippen LogP contribution < -0.4 is 5.43 Å². The molecule has 1 aliphatic carbocycles. The van der Waals surface area contributed by atoms with E-state index in [1.165, 1.54) is 6.07 Å². The molecule has 0 bridgehead atoms. The monoisotopic (exact) mass is 239 g/mol. The first-order valence-electron chi connectivity index (χ1n) is 6.04. The minimum absolute atomic E-state index is 0.0491. The molecule has 0 radical (unpaired) electrons. The molecule has 1 heterocycles. The summed E-state index contributed by atoms with van der Waals surface area (Å²) in [5, 5.41) is 0. The van der Waals surface area contributed by atoms with Gasteiger partial charge in [-0.2, -0.15) is 0 Å². The van der Waals surface area contributed by atoms with Crippen molar-refractivity contribution in [3.05, 3.63) is 69.6 Å². The third kappa shape index (κ3) is 1.78. The van der Waals surface area contributed by atoms with Crippen molar-refractivity contribution in [2.75, 3.05) is 0 Å². The first kappa shape index (κ1) is 11.0. The smallest absolute Gasteiger partial charge is 0.192 e. The fraction of sp³-hybridized carbons (Fsp3) is 0.200. The maximum atomic E-state index is 12.1. The molecular formula is C15H13NO2. The second kappa shape index (κ2) is 4.26. The lowest BCUT2D eigenvalue weighted by Crippen LogP contribution is -2.26. The van der Waals surface area contributed by atoms with Crippen LogP contribution in [-0.2, 0) is 6.42 Å². The van der Waals surface area contributed by atoms with Crippen molar-refractivity contribution < 1.29 is 4.79 Å². The average Bonchev–Trinajstić information content (AvgIpc) is 2.39. The minimum atomic E-state index is -0.166. The van der Waals surface area contributed by atoms with Gasteiger partial charge in [0.25, 0.3) is 0 Å². The van der Waals surface area contributed by atoms with Gasteiger partial charge >= 0.3 is 0 Å². The molecule has 3 rings (SSSR count). The van der Waals surface area contributed by atoms with E-state index in [4.69, 9.17) is 0 Å². The molecule has 1 aromatic carbocycles. The standard InChI is InChI=1S/C15H13NO2/c17-13-6-7-16-12-8-11(9-14(18)15(12)13)10-4-2-1-3-5-10/h1-7,11H,8-9H2,(H,16,17)/t11-/m0/s1. The normalized spacial score (nSPS) is 18.4. The Bertz CT molecular complexity index is 643. The fourth-order valence-corrected chi connectivity index (χ4v) is 2.59. The largest absolute Gasteiger partial charge is 0.364 e. The van der Waals surface area contributed by atoms with Gasteiger partial charge in [-0.3, -0.25) is 9.59 Å². The fourth-order valence-electron chi connectivity index (χ4n) is 2.59. The Hall–Kier alpha value is -2.16. The molecule has 1 aliphatic rings. The molecule has 0 saturated heterocycles. The number of rotatable bonds is 1. The minimum Gasteiger partial charge on any atom is -0.364 e. The van der Waals surface area contributed by atoms with E-state index in [2.05, 4.69) is 4.98 Å². The summed E-state index contributed by atoms with van der Waals surface area (Å²) in [5.41, 5.74) is 2.11. The summed E-state index contributed by atoms with van der Waals surface area (Å²) in [6.45, 7) is 0. The molecular weight excluding hydrogens is 226 g/mol. The number of benzene rings is 1. The summed E-state index contributed by atoms with van der Waals surface area (Å²) in [6, 6.07) is 11.4. The molecule has 3 nitrogen and oxygen atoms in total. The van der Waals surface area contributed by atoms with Crippen molar-refractivity contribution >= 4 is 5.78 Å². The van der Waals surface area contributed by atoms with E-state index in [1.807, 2.05) is 30.3 Å². The summed E-state index contributed by atoms with van der Waals surface area (Å²) in [5.74, 6) is 0.121. The number of pyridine rings is 1. The Morgan fingerprint density at radius 1 is 1.00 bits per heavy atom. The van der Waals surface area contributed by atoms with Gasteiger partial charge in [0.1, 0.15) is 0 Å². The summed E-state index contributed by atoms with van der Waals surface area (Å²) in [6.07, 6.45) is 2.76. The zero-order valence-electron chi connectivity index (χ0n) is 9.85. The summed E-state index contributed by atoms with van der Waals surface area (Å²) < 4.78 is 0. The van der Waals surface area contributed by atoms with Gasteiger partial charge in [0.05, 0.1) is 5.56 Å². The number of hydrogen-bond acceptors (Lipinski definition) is 2. The molecule has 0 amide bonds. The van der Waals surface area contributed by atoms with Crippen LogP contribution >= 0.6 is 0 Å². The molecule has 0 saturated carbocycles. The molecule has 1 aromatic heterocycles. The third-order valence-corrected chi connectivity index (χ3v) is 3.47. The SMILES string of the molecule is O=C1C[C@@H](c2ccccc2)Cc2[nH]ccc(=O)c21. The molecule has 1 atom stereocenters. The molecule has 2 aromatic rings. The summed E-state index contributed by atoms with van der Waals surface area (Å²) in [4.78, 5) is 26.8. The Morgan fingerprint density at radius 2 is 1.78 bits per heavy atom. The number of carbonyl (C=O) groups is 1. The quantitative estimate of drug-likeness (QED) is 0.830. The van der Waals surface area contributed by atoms with Gasteiger partial charge in [-0.15, -0.1) is 0 Å². The molecule has 1 N–H and O–H groups in total. The number of ketones is 1. The second-order valence-corrected chi connectivity index (χ2v) is 4.63. The lowest BCUT2D eigenvalue weighted by atomic mass is 9.81. The Labute approximate surface area is 104 Å².